The number of allylic oxidation sites excluding steroid dienone is 2. The Morgan fingerprint density at radius 2 is 2.31 bits per heavy atom. The lowest BCUT2D eigenvalue weighted by Gasteiger charge is -2.10. The summed E-state index contributed by atoms with van der Waals surface area (Å²) < 4.78 is 4.97. The summed E-state index contributed by atoms with van der Waals surface area (Å²) in [6, 6.07) is 1.94. The number of rotatable bonds is 2. The lowest BCUT2D eigenvalue weighted by Crippen LogP contribution is -2.04. The van der Waals surface area contributed by atoms with Crippen LogP contribution in [0.25, 0.3) is 0 Å². The van der Waals surface area contributed by atoms with Crippen molar-refractivity contribution in [2.24, 2.45) is 0 Å². The fraction of sp³-hybridized carbons (Fsp3) is 0.364. The Morgan fingerprint density at radius 1 is 1.38 bits per heavy atom. The molecule has 0 bridgehead atoms. The lowest BCUT2D eigenvalue weighted by molar-refractivity contribution is -0.115. The first kappa shape index (κ1) is 8.30. The van der Waals surface area contributed by atoms with Crippen LogP contribution in [0.4, 0.5) is 0 Å². The molecule has 0 saturated carbocycles. The molecule has 0 atom stereocenters. The van der Waals surface area contributed by atoms with E-state index in [0.29, 0.717) is 0 Å². The van der Waals surface area contributed by atoms with E-state index in [1.807, 2.05) is 6.07 Å². The van der Waals surface area contributed by atoms with Crippen LogP contribution in [0.3, 0.4) is 0 Å². The van der Waals surface area contributed by atoms with E-state index in [-0.39, 0.29) is 5.78 Å². The van der Waals surface area contributed by atoms with Gasteiger partial charge in [0.2, 0.25) is 0 Å². The molecule has 1 aromatic rings. The minimum Gasteiger partial charge on any atom is -0.472 e. The largest absolute Gasteiger partial charge is 0.472 e. The van der Waals surface area contributed by atoms with E-state index >= 15 is 0 Å². The molecule has 2 nitrogen and oxygen atoms in total. The van der Waals surface area contributed by atoms with Gasteiger partial charge in [0.1, 0.15) is 0 Å². The summed E-state index contributed by atoms with van der Waals surface area (Å²) in [7, 11) is 0. The zero-order valence-electron chi connectivity index (χ0n) is 7.45. The molecule has 0 spiro atoms. The zero-order valence-corrected chi connectivity index (χ0v) is 7.45. The predicted octanol–water partition coefficient (Wildman–Crippen LogP) is 2.50. The van der Waals surface area contributed by atoms with Crippen molar-refractivity contribution in [3.8, 4) is 0 Å². The van der Waals surface area contributed by atoms with Gasteiger partial charge < -0.3 is 4.42 Å². The summed E-state index contributed by atoms with van der Waals surface area (Å²) in [5.41, 5.74) is 2.39. The van der Waals surface area contributed by atoms with Crippen molar-refractivity contribution in [2.75, 3.05) is 0 Å². The maximum absolute atomic E-state index is 11.1. The Kier molecular flexibility index (Phi) is 2.30. The summed E-state index contributed by atoms with van der Waals surface area (Å²) in [5, 5.41) is 0. The summed E-state index contributed by atoms with van der Waals surface area (Å²) >= 11 is 0. The van der Waals surface area contributed by atoms with Gasteiger partial charge in [0.25, 0.3) is 0 Å². The molecule has 0 aliphatic heterocycles. The van der Waals surface area contributed by atoms with Crippen LogP contribution in [0.5, 0.6) is 0 Å². The molecular weight excluding hydrogens is 164 g/mol. The third-order valence-electron chi connectivity index (χ3n) is 2.30. The highest BCUT2D eigenvalue weighted by Crippen LogP contribution is 2.19. The highest BCUT2D eigenvalue weighted by Gasteiger charge is 2.10. The molecule has 1 aliphatic rings. The van der Waals surface area contributed by atoms with Crippen molar-refractivity contribution in [2.45, 2.75) is 25.7 Å². The molecule has 0 unspecified atom stereocenters. The van der Waals surface area contributed by atoms with Crippen molar-refractivity contribution in [3.63, 3.8) is 0 Å². The fourth-order valence-electron chi connectivity index (χ4n) is 1.66. The molecule has 0 amide bonds. The molecule has 0 fully saturated rings. The molecule has 1 aromatic heterocycles. The lowest BCUT2D eigenvalue weighted by atomic mass is 9.94. The van der Waals surface area contributed by atoms with Gasteiger partial charge in [-0.15, -0.1) is 0 Å². The van der Waals surface area contributed by atoms with E-state index in [0.717, 1.165) is 31.2 Å². The number of carbonyl (C=O) groups is 1. The smallest absolute Gasteiger partial charge is 0.155 e. The number of furan rings is 1. The van der Waals surface area contributed by atoms with Gasteiger partial charge in [-0.1, -0.05) is 5.57 Å². The first-order chi connectivity index (χ1) is 6.34. The quantitative estimate of drug-likeness (QED) is 0.693. The summed E-state index contributed by atoms with van der Waals surface area (Å²) in [6.45, 7) is 0. The topological polar surface area (TPSA) is 30.2 Å². The average Bonchev–Trinajstić information content (AvgIpc) is 2.57. The summed E-state index contributed by atoms with van der Waals surface area (Å²) in [5.74, 6) is 0.268. The molecule has 2 heteroatoms. The molecule has 0 N–H and O–H groups in total. The van der Waals surface area contributed by atoms with E-state index < -0.39 is 0 Å². The Morgan fingerprint density at radius 3 is 3.00 bits per heavy atom. The average molecular weight is 176 g/mol. The van der Waals surface area contributed by atoms with Gasteiger partial charge in [-0.2, -0.15) is 0 Å². The van der Waals surface area contributed by atoms with Gasteiger partial charge in [-0.25, -0.2) is 0 Å². The minimum atomic E-state index is 0.268. The van der Waals surface area contributed by atoms with Crippen molar-refractivity contribution in [1.29, 1.82) is 0 Å². The van der Waals surface area contributed by atoms with Gasteiger partial charge in [0.15, 0.2) is 5.78 Å². The van der Waals surface area contributed by atoms with Gasteiger partial charge in [0, 0.05) is 6.42 Å². The minimum absolute atomic E-state index is 0.268. The van der Waals surface area contributed by atoms with Gasteiger partial charge >= 0.3 is 0 Å². The van der Waals surface area contributed by atoms with E-state index in [9.17, 15) is 4.79 Å². The predicted molar refractivity (Wildman–Crippen MR) is 49.4 cm³/mol. The Bertz CT molecular complexity index is 320. The van der Waals surface area contributed by atoms with Crippen LogP contribution in [-0.4, -0.2) is 5.78 Å². The molecule has 0 saturated heterocycles. The highest BCUT2D eigenvalue weighted by atomic mass is 16.3. The van der Waals surface area contributed by atoms with Crippen LogP contribution < -0.4 is 0 Å². The number of ketones is 1. The second-order valence-corrected chi connectivity index (χ2v) is 3.43. The van der Waals surface area contributed by atoms with Crippen molar-refractivity contribution < 1.29 is 9.21 Å². The van der Waals surface area contributed by atoms with Crippen molar-refractivity contribution in [3.05, 3.63) is 35.8 Å². The molecule has 0 aromatic carbocycles. The second kappa shape index (κ2) is 3.60. The Labute approximate surface area is 77.2 Å². The zero-order chi connectivity index (χ0) is 9.10. The normalized spacial score (nSPS) is 17.2. The van der Waals surface area contributed by atoms with Gasteiger partial charge in [0.05, 0.1) is 12.5 Å². The molecule has 0 radical (unpaired) electrons. The van der Waals surface area contributed by atoms with Crippen LogP contribution >= 0.6 is 0 Å². The number of carbonyl (C=O) groups excluding carboxylic acids is 1. The second-order valence-electron chi connectivity index (χ2n) is 3.43. The van der Waals surface area contributed by atoms with Crippen molar-refractivity contribution >= 4 is 5.78 Å². The molecule has 1 aliphatic carbocycles. The number of hydrogen-bond acceptors (Lipinski definition) is 2. The van der Waals surface area contributed by atoms with Crippen LogP contribution in [-0.2, 0) is 11.2 Å². The van der Waals surface area contributed by atoms with E-state index in [1.54, 1.807) is 18.6 Å². The van der Waals surface area contributed by atoms with Crippen LogP contribution in [0.15, 0.2) is 34.7 Å². The van der Waals surface area contributed by atoms with Gasteiger partial charge in [-0.3, -0.25) is 4.79 Å². The maximum Gasteiger partial charge on any atom is 0.155 e. The Balaban J connectivity index is 2.06. The maximum atomic E-state index is 11.1. The van der Waals surface area contributed by atoms with E-state index in [2.05, 4.69) is 0 Å². The summed E-state index contributed by atoms with van der Waals surface area (Å²) in [4.78, 5) is 11.1. The number of hydrogen-bond donors (Lipinski definition) is 0. The third-order valence-corrected chi connectivity index (χ3v) is 2.30. The Hall–Kier alpha value is -1.31. The van der Waals surface area contributed by atoms with Crippen LogP contribution in [0.2, 0.25) is 0 Å². The highest BCUT2D eigenvalue weighted by molar-refractivity contribution is 5.91. The first-order valence-corrected chi connectivity index (χ1v) is 4.58. The first-order valence-electron chi connectivity index (χ1n) is 4.58. The molecule has 68 valence electrons. The van der Waals surface area contributed by atoms with Gasteiger partial charge in [-0.05, 0) is 37.0 Å². The summed E-state index contributed by atoms with van der Waals surface area (Å²) in [6.07, 6.45) is 8.83. The van der Waals surface area contributed by atoms with E-state index in [4.69, 9.17) is 4.42 Å². The SMILES string of the molecule is O=C1C=C(Cc2ccoc2)CCC1. The molecule has 2 rings (SSSR count). The molecular formula is C11H12O2. The van der Waals surface area contributed by atoms with Crippen LogP contribution in [0.1, 0.15) is 24.8 Å². The van der Waals surface area contributed by atoms with Crippen molar-refractivity contribution in [1.82, 2.24) is 0 Å². The standard InChI is InChI=1S/C11H12O2/c12-11-3-1-2-9(7-11)6-10-4-5-13-8-10/h4-5,7-8H,1-3,6H2. The van der Waals surface area contributed by atoms with Crippen LogP contribution in [0, 0.1) is 0 Å². The molecule has 13 heavy (non-hydrogen) atoms. The van der Waals surface area contributed by atoms with E-state index in [1.165, 1.54) is 5.57 Å². The molecule has 1 heterocycles. The monoisotopic (exact) mass is 176 g/mol. The fourth-order valence-corrected chi connectivity index (χ4v) is 1.66. The third kappa shape index (κ3) is 2.08.